The number of thiazole rings is 1. The maximum Gasteiger partial charge on any atom is 0.253 e. The van der Waals surface area contributed by atoms with Crippen LogP contribution in [0.4, 0.5) is 5.69 Å². The van der Waals surface area contributed by atoms with Crippen molar-refractivity contribution in [1.29, 1.82) is 0 Å². The first kappa shape index (κ1) is 33.6. The van der Waals surface area contributed by atoms with Crippen molar-refractivity contribution in [3.63, 3.8) is 0 Å². The van der Waals surface area contributed by atoms with Gasteiger partial charge < -0.3 is 24.8 Å². The van der Waals surface area contributed by atoms with E-state index in [-0.39, 0.29) is 55.4 Å². The third-order valence-electron chi connectivity index (χ3n) is 10.2. The summed E-state index contributed by atoms with van der Waals surface area (Å²) in [6, 6.07) is 14.4. The third kappa shape index (κ3) is 8.24. The van der Waals surface area contributed by atoms with Gasteiger partial charge in [0, 0.05) is 42.2 Å². The van der Waals surface area contributed by atoms with E-state index in [0.717, 1.165) is 72.4 Å². The van der Waals surface area contributed by atoms with Crippen molar-refractivity contribution in [2.45, 2.75) is 89.0 Å². The van der Waals surface area contributed by atoms with Gasteiger partial charge in [-0.1, -0.05) is 43.5 Å². The van der Waals surface area contributed by atoms with Gasteiger partial charge in [0.25, 0.3) is 5.91 Å². The number of aliphatic hydroxyl groups excluding tert-OH is 1. The van der Waals surface area contributed by atoms with Crippen LogP contribution in [-0.4, -0.2) is 61.4 Å². The number of hydrogen-bond donors (Lipinski definition) is 2. The maximum atomic E-state index is 14.2. The van der Waals surface area contributed by atoms with E-state index >= 15 is 0 Å². The number of methoxy groups -OCH3 is 1. The van der Waals surface area contributed by atoms with Crippen LogP contribution >= 0.6 is 11.3 Å². The SMILES string of the molecule is COc1ccc(C2CCC(CNC(=O)C3CCCCC3)CC2N(C(=O)COCCO)c2cccc(-c3cnc(C4CC4)s3)c2)cc1C. The van der Waals surface area contributed by atoms with Crippen LogP contribution in [0.2, 0.25) is 0 Å². The molecule has 0 aliphatic heterocycles. The molecule has 1 heterocycles. The number of benzene rings is 2. The average molecular weight is 660 g/mol. The van der Waals surface area contributed by atoms with Gasteiger partial charge in [-0.2, -0.15) is 0 Å². The first-order valence-electron chi connectivity index (χ1n) is 17.4. The Bertz CT molecular complexity index is 1510. The number of aromatic nitrogens is 1. The van der Waals surface area contributed by atoms with Gasteiger partial charge >= 0.3 is 0 Å². The monoisotopic (exact) mass is 659 g/mol. The van der Waals surface area contributed by atoms with Crippen LogP contribution in [-0.2, 0) is 14.3 Å². The van der Waals surface area contributed by atoms with Crippen LogP contribution in [0.15, 0.2) is 48.7 Å². The molecule has 3 saturated carbocycles. The highest BCUT2D eigenvalue weighted by Gasteiger charge is 2.39. The van der Waals surface area contributed by atoms with Crippen LogP contribution in [0.5, 0.6) is 5.75 Å². The van der Waals surface area contributed by atoms with E-state index in [1.165, 1.54) is 29.8 Å². The second kappa shape index (κ2) is 15.8. The number of ether oxygens (including phenoxy) is 2. The van der Waals surface area contributed by atoms with Crippen molar-refractivity contribution in [2.24, 2.45) is 11.8 Å². The minimum absolute atomic E-state index is 0.0835. The van der Waals surface area contributed by atoms with Crippen molar-refractivity contribution in [2.75, 3.05) is 38.4 Å². The summed E-state index contributed by atoms with van der Waals surface area (Å²) in [4.78, 5) is 35.1. The molecule has 0 saturated heterocycles. The first-order chi connectivity index (χ1) is 22.9. The molecule has 3 aliphatic rings. The fraction of sp³-hybridized carbons (Fsp3) is 0.553. The minimum Gasteiger partial charge on any atom is -0.496 e. The third-order valence-corrected chi connectivity index (χ3v) is 11.4. The van der Waals surface area contributed by atoms with Gasteiger partial charge in [0.2, 0.25) is 5.91 Å². The van der Waals surface area contributed by atoms with Crippen molar-refractivity contribution in [3.05, 3.63) is 64.8 Å². The fourth-order valence-electron chi connectivity index (χ4n) is 7.54. The minimum atomic E-state index is -0.155. The van der Waals surface area contributed by atoms with E-state index in [1.807, 2.05) is 29.3 Å². The summed E-state index contributed by atoms with van der Waals surface area (Å²) in [5, 5.41) is 13.9. The molecule has 3 aromatic rings. The summed E-state index contributed by atoms with van der Waals surface area (Å²) in [5.41, 5.74) is 4.12. The number of carbonyl (C=O) groups is 2. The van der Waals surface area contributed by atoms with Gasteiger partial charge in [-0.15, -0.1) is 11.3 Å². The number of rotatable bonds is 13. The van der Waals surface area contributed by atoms with Crippen LogP contribution in [0.25, 0.3) is 10.4 Å². The second-order valence-corrected chi connectivity index (χ2v) is 14.7. The number of aliphatic hydroxyl groups is 1. The summed E-state index contributed by atoms with van der Waals surface area (Å²) in [5.74, 6) is 1.92. The van der Waals surface area contributed by atoms with Crippen molar-refractivity contribution >= 4 is 28.8 Å². The van der Waals surface area contributed by atoms with E-state index in [0.29, 0.717) is 12.5 Å². The van der Waals surface area contributed by atoms with Gasteiger partial charge in [-0.25, -0.2) is 4.98 Å². The van der Waals surface area contributed by atoms with E-state index in [9.17, 15) is 14.7 Å². The van der Waals surface area contributed by atoms with E-state index in [2.05, 4.69) is 36.5 Å². The predicted molar refractivity (Wildman–Crippen MR) is 186 cm³/mol. The zero-order valence-electron chi connectivity index (χ0n) is 27.8. The molecule has 0 radical (unpaired) electrons. The molecule has 3 unspecified atom stereocenters. The van der Waals surface area contributed by atoms with E-state index < -0.39 is 0 Å². The summed E-state index contributed by atoms with van der Waals surface area (Å²) < 4.78 is 11.2. The number of hydrogen-bond acceptors (Lipinski definition) is 7. The van der Waals surface area contributed by atoms with Crippen LogP contribution in [0, 0.1) is 18.8 Å². The fourth-order valence-corrected chi connectivity index (χ4v) is 8.62. The summed E-state index contributed by atoms with van der Waals surface area (Å²) in [7, 11) is 1.69. The maximum absolute atomic E-state index is 14.2. The number of amides is 2. The quantitative estimate of drug-likeness (QED) is 0.192. The van der Waals surface area contributed by atoms with Gasteiger partial charge in [-0.3, -0.25) is 9.59 Å². The van der Waals surface area contributed by atoms with Gasteiger partial charge in [-0.05, 0) is 92.7 Å². The van der Waals surface area contributed by atoms with Crippen molar-refractivity contribution in [1.82, 2.24) is 10.3 Å². The highest BCUT2D eigenvalue weighted by Crippen LogP contribution is 2.45. The number of aryl methyl sites for hydroxylation is 1. The Morgan fingerprint density at radius 2 is 1.87 bits per heavy atom. The van der Waals surface area contributed by atoms with Crippen LogP contribution in [0.1, 0.15) is 92.2 Å². The Kier molecular flexibility index (Phi) is 11.3. The zero-order chi connectivity index (χ0) is 32.8. The lowest BCUT2D eigenvalue weighted by atomic mass is 9.73. The normalized spacial score (nSPS) is 21.7. The molecule has 8 nitrogen and oxygen atoms in total. The van der Waals surface area contributed by atoms with E-state index in [4.69, 9.17) is 14.5 Å². The molecule has 3 aliphatic carbocycles. The second-order valence-electron chi connectivity index (χ2n) is 13.6. The zero-order valence-corrected chi connectivity index (χ0v) is 28.6. The smallest absolute Gasteiger partial charge is 0.253 e. The Balaban J connectivity index is 1.32. The number of anilines is 1. The Morgan fingerprint density at radius 3 is 2.62 bits per heavy atom. The summed E-state index contributed by atoms with van der Waals surface area (Å²) >= 11 is 1.74. The van der Waals surface area contributed by atoms with Crippen molar-refractivity contribution in [3.8, 4) is 16.2 Å². The standard InChI is InChI=1S/C38H49N3O5S/c1-25-19-29(14-16-34(25)45-2)32-15-11-26(22-39-37(44)27-7-4-3-5-8-27)20-33(32)41(36(43)24-46-18-17-42)31-10-6-9-30(21-31)35-23-40-38(47-35)28-12-13-28/h6,9-10,14,16,19,21,23,26-28,32-33,42H,3-5,7-8,11-13,15,17-18,20,22,24H2,1-2H3,(H,39,44). The number of nitrogens with one attached hydrogen (secondary N) is 1. The molecule has 2 aromatic carbocycles. The molecule has 1 aromatic heterocycles. The Morgan fingerprint density at radius 1 is 1.04 bits per heavy atom. The highest BCUT2D eigenvalue weighted by molar-refractivity contribution is 7.15. The molecule has 2 amide bonds. The molecule has 2 N–H and O–H groups in total. The van der Waals surface area contributed by atoms with Gasteiger partial charge in [0.05, 0.1) is 30.2 Å². The topological polar surface area (TPSA) is 101 Å². The van der Waals surface area contributed by atoms with Crippen LogP contribution < -0.4 is 15.0 Å². The Labute approximate surface area is 282 Å². The Hall–Kier alpha value is -3.27. The molecule has 9 heteroatoms. The number of carbonyl (C=O) groups excluding carboxylic acids is 2. The molecule has 3 fully saturated rings. The van der Waals surface area contributed by atoms with Gasteiger partial charge in [0.1, 0.15) is 12.4 Å². The molecule has 0 spiro atoms. The van der Waals surface area contributed by atoms with Gasteiger partial charge in [0.15, 0.2) is 0 Å². The lowest BCUT2D eigenvalue weighted by Gasteiger charge is -2.43. The summed E-state index contributed by atoms with van der Waals surface area (Å²) in [6.45, 7) is 2.52. The highest BCUT2D eigenvalue weighted by atomic mass is 32.1. The van der Waals surface area contributed by atoms with Crippen molar-refractivity contribution < 1.29 is 24.2 Å². The van der Waals surface area contributed by atoms with Crippen LogP contribution in [0.3, 0.4) is 0 Å². The molecule has 3 atom stereocenters. The first-order valence-corrected chi connectivity index (χ1v) is 18.3. The number of nitrogens with zero attached hydrogens (tertiary/aromatic N) is 2. The largest absolute Gasteiger partial charge is 0.496 e. The van der Waals surface area contributed by atoms with E-state index in [1.54, 1.807) is 18.4 Å². The lowest BCUT2D eigenvalue weighted by Crippen LogP contribution is -2.50. The average Bonchev–Trinajstić information content (AvgIpc) is 3.83. The molecular formula is C38H49N3O5S. The molecule has 6 rings (SSSR count). The molecular weight excluding hydrogens is 611 g/mol. The molecule has 47 heavy (non-hydrogen) atoms. The molecule has 252 valence electrons. The molecule has 0 bridgehead atoms. The lowest BCUT2D eigenvalue weighted by molar-refractivity contribution is -0.126. The predicted octanol–water partition coefficient (Wildman–Crippen LogP) is 7.00. The summed E-state index contributed by atoms with van der Waals surface area (Å²) in [6.07, 6.45) is 12.4.